The number of carbonyl (C=O) groups is 1. The van der Waals surface area contributed by atoms with Gasteiger partial charge in [0, 0.05) is 18.5 Å². The zero-order valence-electron chi connectivity index (χ0n) is 19.5. The average molecular weight is 447 g/mol. The van der Waals surface area contributed by atoms with Crippen LogP contribution in [0.15, 0.2) is 11.4 Å². The lowest BCUT2D eigenvalue weighted by Gasteiger charge is -2.27. The molecular formula is C23H38N6OS. The molecule has 0 bridgehead atoms. The lowest BCUT2D eigenvalue weighted by Crippen LogP contribution is -2.35. The summed E-state index contributed by atoms with van der Waals surface area (Å²) in [5, 5.41) is 12.7. The monoisotopic (exact) mass is 446 g/mol. The second-order valence-corrected chi connectivity index (χ2v) is 10.1. The molecule has 1 amide bonds. The first-order valence-corrected chi connectivity index (χ1v) is 12.9. The molecule has 0 atom stereocenters. The molecule has 2 N–H and O–H groups in total. The predicted molar refractivity (Wildman–Crippen MR) is 128 cm³/mol. The minimum Gasteiger partial charge on any atom is -0.367 e. The average Bonchev–Trinajstić information content (AvgIpc) is 3.15. The molecule has 1 aliphatic carbocycles. The summed E-state index contributed by atoms with van der Waals surface area (Å²) in [6.07, 6.45) is 10.2. The molecule has 0 unspecified atom stereocenters. The van der Waals surface area contributed by atoms with Crippen LogP contribution in [0.5, 0.6) is 0 Å². The largest absolute Gasteiger partial charge is 0.367 e. The number of fused-ring (bicyclic) bond motifs is 1. The topological polar surface area (TPSA) is 84.7 Å². The van der Waals surface area contributed by atoms with Crippen LogP contribution in [0, 0.1) is 11.8 Å². The number of nitrogens with one attached hydrogen (secondary N) is 2. The normalized spacial score (nSPS) is 19.1. The number of carbonyl (C=O) groups excluding carboxylic acids is 1. The molecule has 8 heteroatoms. The Bertz CT molecular complexity index is 844. The third-order valence-corrected chi connectivity index (χ3v) is 6.71. The Morgan fingerprint density at radius 2 is 2.00 bits per heavy atom. The van der Waals surface area contributed by atoms with Crippen molar-refractivity contribution in [1.82, 2.24) is 25.1 Å². The fraction of sp³-hybridized carbons (Fsp3) is 0.739. The molecule has 31 heavy (non-hydrogen) atoms. The van der Waals surface area contributed by atoms with Crippen molar-refractivity contribution in [3.8, 4) is 0 Å². The van der Waals surface area contributed by atoms with Crippen LogP contribution in [0.3, 0.4) is 0 Å². The summed E-state index contributed by atoms with van der Waals surface area (Å²) >= 11 is 1.62. The van der Waals surface area contributed by atoms with Crippen LogP contribution in [0.1, 0.15) is 72.6 Å². The first-order valence-electron chi connectivity index (χ1n) is 11.9. The summed E-state index contributed by atoms with van der Waals surface area (Å²) in [5.41, 5.74) is 0.819. The van der Waals surface area contributed by atoms with Crippen LogP contribution >= 0.6 is 11.8 Å². The molecule has 2 aromatic heterocycles. The van der Waals surface area contributed by atoms with Gasteiger partial charge in [0.05, 0.1) is 18.1 Å². The number of amides is 1. The summed E-state index contributed by atoms with van der Waals surface area (Å²) in [4.78, 5) is 22.0. The number of anilines is 1. The first-order chi connectivity index (χ1) is 15.0. The van der Waals surface area contributed by atoms with Crippen LogP contribution in [0.25, 0.3) is 11.0 Å². The highest BCUT2D eigenvalue weighted by molar-refractivity contribution is 7.99. The first kappa shape index (κ1) is 23.8. The lowest BCUT2D eigenvalue weighted by atomic mass is 9.79. The molecule has 0 aliphatic heterocycles. The van der Waals surface area contributed by atoms with Crippen molar-refractivity contribution in [3.63, 3.8) is 0 Å². The highest BCUT2D eigenvalue weighted by Crippen LogP contribution is 2.32. The van der Waals surface area contributed by atoms with Crippen LogP contribution in [0.4, 0.5) is 5.82 Å². The van der Waals surface area contributed by atoms with E-state index in [0.717, 1.165) is 46.5 Å². The molecule has 7 nitrogen and oxygen atoms in total. The van der Waals surface area contributed by atoms with Crippen LogP contribution in [-0.2, 0) is 11.3 Å². The van der Waals surface area contributed by atoms with E-state index in [-0.39, 0.29) is 17.9 Å². The Labute approximate surface area is 190 Å². The number of rotatable bonds is 11. The molecule has 1 saturated carbocycles. The molecule has 0 radical (unpaired) electrons. The van der Waals surface area contributed by atoms with Crippen molar-refractivity contribution in [2.24, 2.45) is 11.8 Å². The highest BCUT2D eigenvalue weighted by atomic mass is 32.2. The van der Waals surface area contributed by atoms with E-state index < -0.39 is 0 Å². The molecule has 1 fully saturated rings. The van der Waals surface area contributed by atoms with Gasteiger partial charge in [0.15, 0.2) is 10.8 Å². The zero-order chi connectivity index (χ0) is 22.2. The van der Waals surface area contributed by atoms with Gasteiger partial charge in [0.1, 0.15) is 5.82 Å². The Hall–Kier alpha value is -1.83. The van der Waals surface area contributed by atoms with Crippen molar-refractivity contribution in [1.29, 1.82) is 0 Å². The lowest BCUT2D eigenvalue weighted by molar-refractivity contribution is -0.126. The van der Waals surface area contributed by atoms with Gasteiger partial charge in [0.2, 0.25) is 5.91 Å². The van der Waals surface area contributed by atoms with E-state index in [1.165, 1.54) is 32.1 Å². The minimum atomic E-state index is 0.170. The van der Waals surface area contributed by atoms with Crippen LogP contribution in [-0.4, -0.2) is 44.0 Å². The van der Waals surface area contributed by atoms with Crippen LogP contribution in [0.2, 0.25) is 0 Å². The number of thioether (sulfide) groups is 1. The van der Waals surface area contributed by atoms with Gasteiger partial charge < -0.3 is 10.6 Å². The van der Waals surface area contributed by atoms with Gasteiger partial charge in [-0.1, -0.05) is 44.9 Å². The van der Waals surface area contributed by atoms with Gasteiger partial charge >= 0.3 is 0 Å². The minimum absolute atomic E-state index is 0.170. The van der Waals surface area contributed by atoms with Crippen molar-refractivity contribution in [2.75, 3.05) is 17.6 Å². The third kappa shape index (κ3) is 6.57. The summed E-state index contributed by atoms with van der Waals surface area (Å²) in [7, 11) is 0. The summed E-state index contributed by atoms with van der Waals surface area (Å²) in [6, 6.07) is 0.275. The van der Waals surface area contributed by atoms with Gasteiger partial charge in [-0.2, -0.15) is 5.10 Å². The Kier molecular flexibility index (Phi) is 8.99. The summed E-state index contributed by atoms with van der Waals surface area (Å²) in [6.45, 7) is 9.71. The van der Waals surface area contributed by atoms with E-state index in [2.05, 4.69) is 48.4 Å². The second-order valence-electron chi connectivity index (χ2n) is 8.84. The molecule has 2 heterocycles. The Balaban J connectivity index is 1.57. The number of hydrogen-bond acceptors (Lipinski definition) is 6. The number of nitrogens with zero attached hydrogens (tertiary/aromatic N) is 4. The highest BCUT2D eigenvalue weighted by Gasteiger charge is 2.25. The smallest absolute Gasteiger partial charge is 0.223 e. The SMILES string of the molecule is CCCCC1CCC(C(=O)NCCn2ncc3c(NC(C)C)nc(SCC)nc32)CC1. The fourth-order valence-corrected chi connectivity index (χ4v) is 4.88. The van der Waals surface area contributed by atoms with E-state index in [1.54, 1.807) is 11.8 Å². The van der Waals surface area contributed by atoms with Crippen molar-refractivity contribution < 1.29 is 4.79 Å². The second kappa shape index (κ2) is 11.7. The summed E-state index contributed by atoms with van der Waals surface area (Å²) < 4.78 is 1.88. The molecule has 0 saturated heterocycles. The number of aromatic nitrogens is 4. The van der Waals surface area contributed by atoms with Gasteiger partial charge in [-0.25, -0.2) is 14.6 Å². The zero-order valence-corrected chi connectivity index (χ0v) is 20.3. The molecule has 1 aliphatic rings. The molecule has 0 spiro atoms. The van der Waals surface area contributed by atoms with Gasteiger partial charge in [0.25, 0.3) is 0 Å². The summed E-state index contributed by atoms with van der Waals surface area (Å²) in [5.74, 6) is 2.93. The van der Waals surface area contributed by atoms with Crippen molar-refractivity contribution >= 4 is 34.5 Å². The maximum absolute atomic E-state index is 12.6. The van der Waals surface area contributed by atoms with Crippen molar-refractivity contribution in [2.45, 2.75) is 90.4 Å². The van der Waals surface area contributed by atoms with E-state index in [1.807, 2.05) is 10.9 Å². The quantitative estimate of drug-likeness (QED) is 0.378. The standard InChI is InChI=1S/C23H38N6OS/c1-5-7-8-17-9-11-18(12-10-17)22(30)24-13-14-29-21-19(15-25-29)20(26-16(3)4)27-23(28-21)31-6-2/h15-18H,5-14H2,1-4H3,(H,24,30)(H,26,27,28). The maximum Gasteiger partial charge on any atom is 0.223 e. The van der Waals surface area contributed by atoms with E-state index >= 15 is 0 Å². The maximum atomic E-state index is 12.6. The molecular weight excluding hydrogens is 408 g/mol. The fourth-order valence-electron chi connectivity index (χ4n) is 4.31. The number of hydrogen-bond donors (Lipinski definition) is 2. The molecule has 0 aromatic carbocycles. The Morgan fingerprint density at radius 3 is 2.68 bits per heavy atom. The molecule has 172 valence electrons. The predicted octanol–water partition coefficient (Wildman–Crippen LogP) is 4.87. The molecule has 2 aromatic rings. The molecule has 3 rings (SSSR count). The Morgan fingerprint density at radius 1 is 1.23 bits per heavy atom. The van der Waals surface area contributed by atoms with Gasteiger partial charge in [-0.05, 0) is 51.2 Å². The van der Waals surface area contributed by atoms with Gasteiger partial charge in [-0.3, -0.25) is 4.79 Å². The third-order valence-electron chi connectivity index (χ3n) is 5.98. The van der Waals surface area contributed by atoms with E-state index in [4.69, 9.17) is 4.98 Å². The number of unbranched alkanes of at least 4 members (excludes halogenated alkanes) is 1. The van der Waals surface area contributed by atoms with Crippen molar-refractivity contribution in [3.05, 3.63) is 6.20 Å². The van der Waals surface area contributed by atoms with Crippen LogP contribution < -0.4 is 10.6 Å². The van der Waals surface area contributed by atoms with E-state index in [9.17, 15) is 4.79 Å². The van der Waals surface area contributed by atoms with E-state index in [0.29, 0.717) is 13.1 Å². The van der Waals surface area contributed by atoms with Gasteiger partial charge in [-0.15, -0.1) is 0 Å².